The van der Waals surface area contributed by atoms with Gasteiger partial charge in [-0.1, -0.05) is 98.7 Å². The average molecular weight is 563 g/mol. The summed E-state index contributed by atoms with van der Waals surface area (Å²) in [6.07, 6.45) is 24.8. The number of hydrogen-bond acceptors (Lipinski definition) is 1. The third-order valence-corrected chi connectivity index (χ3v) is 7.17. The quantitative estimate of drug-likeness (QED) is 0.183. The zero-order chi connectivity index (χ0) is 25.8. The summed E-state index contributed by atoms with van der Waals surface area (Å²) in [4.78, 5) is 0. The number of allylic oxidation sites excluding steroid dienone is 10. The van der Waals surface area contributed by atoms with Crippen molar-refractivity contribution in [1.29, 1.82) is 0 Å². The molecule has 1 aromatic rings. The number of terminal acetylenes is 1. The minimum atomic E-state index is 0. The molecule has 186 valence electrons. The maximum absolute atomic E-state index is 4.81. The van der Waals surface area contributed by atoms with E-state index < -0.39 is 0 Å². The first-order chi connectivity index (χ1) is 17.6. The molecular weight excluding hydrogens is 525 g/mol. The van der Waals surface area contributed by atoms with Crippen LogP contribution in [0.15, 0.2) is 112 Å². The van der Waals surface area contributed by atoms with E-state index in [1.807, 2.05) is 0 Å². The van der Waals surface area contributed by atoms with E-state index in [0.29, 0.717) is 5.92 Å². The second-order valence-electron chi connectivity index (χ2n) is 9.54. The van der Waals surface area contributed by atoms with Crippen molar-refractivity contribution < 1.29 is 37.4 Å². The summed E-state index contributed by atoms with van der Waals surface area (Å²) in [6.45, 7) is 9.13. The molecule has 3 aliphatic rings. The predicted molar refractivity (Wildman–Crippen MR) is 151 cm³/mol. The van der Waals surface area contributed by atoms with Crippen LogP contribution in [-0.2, 0) is 37.4 Å². The molecule has 2 heteroatoms. The summed E-state index contributed by atoms with van der Waals surface area (Å²) in [6, 6.07) is 11.0. The third kappa shape index (κ3) is 8.77. The molecular formula is C35H37OY. The average Bonchev–Trinajstić information content (AvgIpc) is 3.65. The molecule has 1 fully saturated rings. The van der Waals surface area contributed by atoms with Crippen LogP contribution in [0.4, 0.5) is 0 Å². The molecule has 0 aromatic heterocycles. The molecule has 37 heavy (non-hydrogen) atoms. The Hall–Kier alpha value is -2.54. The van der Waals surface area contributed by atoms with Gasteiger partial charge >= 0.3 is 0 Å². The van der Waals surface area contributed by atoms with Gasteiger partial charge in [0.15, 0.2) is 0 Å². The van der Waals surface area contributed by atoms with E-state index in [4.69, 9.17) is 6.42 Å². The second-order valence-corrected chi connectivity index (χ2v) is 9.54. The molecule has 0 bridgehead atoms. The fourth-order valence-electron chi connectivity index (χ4n) is 5.34. The minimum Gasteiger partial charge on any atom is -0.496 e. The van der Waals surface area contributed by atoms with Crippen LogP contribution in [0.25, 0.3) is 0 Å². The molecule has 0 heterocycles. The largest absolute Gasteiger partial charge is 0.496 e. The molecule has 0 aliphatic heterocycles. The molecule has 1 atom stereocenters. The molecule has 2 radical (unpaired) electrons. The van der Waals surface area contributed by atoms with E-state index in [2.05, 4.69) is 103 Å². The number of methoxy groups -OCH3 is 1. The number of ether oxygens (including phenoxy) is 1. The Kier molecular flexibility index (Phi) is 13.5. The molecule has 0 N–H and O–H groups in total. The van der Waals surface area contributed by atoms with Crippen molar-refractivity contribution in [3.8, 4) is 12.3 Å². The first-order valence-electron chi connectivity index (χ1n) is 12.9. The van der Waals surface area contributed by atoms with Crippen molar-refractivity contribution in [1.82, 2.24) is 0 Å². The van der Waals surface area contributed by atoms with Gasteiger partial charge in [0.05, 0.1) is 13.2 Å². The van der Waals surface area contributed by atoms with Crippen LogP contribution >= 0.6 is 0 Å². The van der Waals surface area contributed by atoms with Crippen molar-refractivity contribution in [3.63, 3.8) is 0 Å². The molecule has 3 aliphatic carbocycles. The number of benzene rings is 1. The first-order valence-corrected chi connectivity index (χ1v) is 12.9. The van der Waals surface area contributed by atoms with Crippen LogP contribution in [-0.4, -0.2) is 7.11 Å². The van der Waals surface area contributed by atoms with Crippen LogP contribution in [0.5, 0.6) is 0 Å². The van der Waals surface area contributed by atoms with Gasteiger partial charge in [-0.15, -0.1) is 6.42 Å². The normalized spacial score (nSPS) is 17.9. The van der Waals surface area contributed by atoms with Crippen LogP contribution in [0.3, 0.4) is 0 Å². The summed E-state index contributed by atoms with van der Waals surface area (Å²) in [5.74, 6) is 3.35. The standard InChI is InChI=1S/C27H32.C8H5O.Y/c1-4-21-14-15-24(17-21)26-18-25(19(2)16-22-10-8-9-11-22)20(3)27(26)23-12-6-5-7-13-23;1-3-4-5-6-7-8-9-2;/h5-7,12-13,15,17-18,22,27H,2,4,8-11,14,16H2,1,3H3;1,8H,2H3;. The van der Waals surface area contributed by atoms with Crippen molar-refractivity contribution in [2.45, 2.75) is 64.7 Å². The van der Waals surface area contributed by atoms with E-state index in [-0.39, 0.29) is 32.7 Å². The van der Waals surface area contributed by atoms with Gasteiger partial charge < -0.3 is 4.74 Å². The van der Waals surface area contributed by atoms with Gasteiger partial charge in [0.25, 0.3) is 0 Å². The molecule has 1 unspecified atom stereocenters. The van der Waals surface area contributed by atoms with Gasteiger partial charge in [0.2, 0.25) is 0 Å². The Morgan fingerprint density at radius 2 is 1.86 bits per heavy atom. The maximum Gasteiger partial charge on any atom is 0.133 e. The van der Waals surface area contributed by atoms with E-state index in [0.717, 1.165) is 18.8 Å². The molecule has 1 nitrogen and oxygen atoms in total. The van der Waals surface area contributed by atoms with Crippen molar-refractivity contribution >= 4 is 0 Å². The van der Waals surface area contributed by atoms with Crippen LogP contribution in [0.1, 0.15) is 70.3 Å². The topological polar surface area (TPSA) is 9.23 Å². The van der Waals surface area contributed by atoms with Crippen molar-refractivity contribution in [2.24, 2.45) is 5.92 Å². The third-order valence-electron chi connectivity index (χ3n) is 7.17. The molecule has 0 saturated heterocycles. The molecule has 0 spiro atoms. The minimum absolute atomic E-state index is 0. The monoisotopic (exact) mass is 562 g/mol. The van der Waals surface area contributed by atoms with E-state index in [9.17, 15) is 0 Å². The predicted octanol–water partition coefficient (Wildman–Crippen LogP) is 8.88. The van der Waals surface area contributed by atoms with E-state index in [1.165, 1.54) is 78.9 Å². The Morgan fingerprint density at radius 3 is 2.49 bits per heavy atom. The SMILES string of the molecule is C#C[C]=C=C=C=COC.C=C(CC1CCCC1)C1=C(C)C(c2ccccc2)C(C2=CCC(CC)=C2)=C1.[Y]. The zero-order valence-corrected chi connectivity index (χ0v) is 25.4. The molecule has 1 aromatic carbocycles. The van der Waals surface area contributed by atoms with E-state index in [1.54, 1.807) is 5.57 Å². The zero-order valence-electron chi connectivity index (χ0n) is 22.6. The summed E-state index contributed by atoms with van der Waals surface area (Å²) in [5, 5.41) is 0. The van der Waals surface area contributed by atoms with Gasteiger partial charge in [0.1, 0.15) is 6.26 Å². The second kappa shape index (κ2) is 16.3. The van der Waals surface area contributed by atoms with Gasteiger partial charge in [-0.25, -0.2) is 0 Å². The van der Waals surface area contributed by atoms with Gasteiger partial charge in [0, 0.05) is 38.6 Å². The summed E-state index contributed by atoms with van der Waals surface area (Å²) < 4.78 is 4.50. The Bertz CT molecular complexity index is 1240. The number of rotatable bonds is 7. The Balaban J connectivity index is 0.000000416. The van der Waals surface area contributed by atoms with E-state index >= 15 is 0 Å². The van der Waals surface area contributed by atoms with Crippen LogP contribution in [0, 0.1) is 24.3 Å². The number of hydrogen-bond donors (Lipinski definition) is 0. The van der Waals surface area contributed by atoms with Gasteiger partial charge in [-0.05, 0) is 83.2 Å². The van der Waals surface area contributed by atoms with Crippen molar-refractivity contribution in [3.05, 3.63) is 124 Å². The van der Waals surface area contributed by atoms with Crippen molar-refractivity contribution in [2.75, 3.05) is 7.11 Å². The fourth-order valence-corrected chi connectivity index (χ4v) is 5.34. The van der Waals surface area contributed by atoms with Crippen LogP contribution in [0.2, 0.25) is 0 Å². The Labute approximate surface area is 249 Å². The summed E-state index contributed by atoms with van der Waals surface area (Å²) in [7, 11) is 1.52. The first kappa shape index (κ1) is 30.7. The van der Waals surface area contributed by atoms with Gasteiger partial charge in [-0.2, -0.15) is 0 Å². The molecule has 0 amide bonds. The maximum atomic E-state index is 4.81. The molecule has 4 rings (SSSR count). The smallest absolute Gasteiger partial charge is 0.133 e. The van der Waals surface area contributed by atoms with Crippen LogP contribution < -0.4 is 0 Å². The van der Waals surface area contributed by atoms with Gasteiger partial charge in [-0.3, -0.25) is 0 Å². The Morgan fingerprint density at radius 1 is 1.14 bits per heavy atom. The molecule has 1 saturated carbocycles. The fraction of sp³-hybridized carbons (Fsp3) is 0.343. The summed E-state index contributed by atoms with van der Waals surface area (Å²) in [5.41, 5.74) is 17.5. The summed E-state index contributed by atoms with van der Waals surface area (Å²) >= 11 is 0.